The summed E-state index contributed by atoms with van der Waals surface area (Å²) >= 11 is 0. The predicted molar refractivity (Wildman–Crippen MR) is 63.3 cm³/mol. The molecule has 0 aromatic heterocycles. The van der Waals surface area contributed by atoms with Gasteiger partial charge in [0.2, 0.25) is 0 Å². The molecule has 0 atom stereocenters. The topological polar surface area (TPSA) is 41.9 Å². The van der Waals surface area contributed by atoms with E-state index in [0.717, 1.165) is 32.5 Å². The minimum Gasteiger partial charge on any atom is -0.387 e. The summed E-state index contributed by atoms with van der Waals surface area (Å²) < 4.78 is 10.9. The first-order valence-electron chi connectivity index (χ1n) is 6.31. The molecule has 1 fully saturated rings. The molecule has 0 spiro atoms. The van der Waals surface area contributed by atoms with E-state index in [1.807, 2.05) is 20.8 Å². The van der Waals surface area contributed by atoms with Crippen LogP contribution in [0.5, 0.6) is 0 Å². The van der Waals surface area contributed by atoms with Gasteiger partial charge in [-0.2, -0.15) is 0 Å². The zero-order valence-electron chi connectivity index (χ0n) is 10.7. The number of ether oxygens (including phenoxy) is 2. The van der Waals surface area contributed by atoms with E-state index in [1.54, 1.807) is 0 Å². The fourth-order valence-corrected chi connectivity index (χ4v) is 2.04. The van der Waals surface area contributed by atoms with Crippen LogP contribution in [0.3, 0.4) is 0 Å². The van der Waals surface area contributed by atoms with Gasteiger partial charge in [-0.25, -0.2) is 0 Å². The summed E-state index contributed by atoms with van der Waals surface area (Å²) in [6.07, 6.45) is 1.62. The number of likely N-dealkylation sites (tertiary alicyclic amines) is 1. The van der Waals surface area contributed by atoms with Crippen LogP contribution < -0.4 is 0 Å². The Kier molecular flexibility index (Phi) is 5.69. The average molecular weight is 231 g/mol. The first-order valence-corrected chi connectivity index (χ1v) is 6.31. The lowest BCUT2D eigenvalue weighted by Crippen LogP contribution is -2.61. The zero-order valence-corrected chi connectivity index (χ0v) is 10.7. The van der Waals surface area contributed by atoms with Crippen LogP contribution in [0.2, 0.25) is 0 Å². The van der Waals surface area contributed by atoms with E-state index in [9.17, 15) is 5.11 Å². The average Bonchev–Trinajstić information content (AvgIpc) is 2.23. The number of rotatable bonds is 8. The standard InChI is InChI=1S/C12H25NO3/c1-4-12(14)9-13(10-12)8-7-11(15-5-2)16-6-3/h11,14H,4-10H2,1-3H3. The number of β-amino-alcohol motifs (C(OH)–C–C–N with tert-alkyl or cyclic N) is 1. The van der Waals surface area contributed by atoms with E-state index < -0.39 is 5.60 Å². The first-order chi connectivity index (χ1) is 7.63. The third kappa shape index (κ3) is 4.01. The Bertz CT molecular complexity index is 187. The molecule has 0 bridgehead atoms. The molecule has 96 valence electrons. The van der Waals surface area contributed by atoms with Crippen molar-refractivity contribution in [2.24, 2.45) is 0 Å². The van der Waals surface area contributed by atoms with Crippen LogP contribution in [-0.2, 0) is 9.47 Å². The highest BCUT2D eigenvalue weighted by Crippen LogP contribution is 2.24. The minimum absolute atomic E-state index is 0.0923. The van der Waals surface area contributed by atoms with Crippen molar-refractivity contribution in [3.05, 3.63) is 0 Å². The van der Waals surface area contributed by atoms with Gasteiger partial charge in [0.25, 0.3) is 0 Å². The van der Waals surface area contributed by atoms with Gasteiger partial charge in [-0.05, 0) is 20.3 Å². The van der Waals surface area contributed by atoms with E-state index in [1.165, 1.54) is 0 Å². The Morgan fingerprint density at radius 2 is 1.75 bits per heavy atom. The Morgan fingerprint density at radius 3 is 2.19 bits per heavy atom. The molecule has 4 heteroatoms. The predicted octanol–water partition coefficient (Wildman–Crippen LogP) is 1.23. The van der Waals surface area contributed by atoms with Crippen molar-refractivity contribution in [3.8, 4) is 0 Å². The van der Waals surface area contributed by atoms with Crippen molar-refractivity contribution in [2.75, 3.05) is 32.8 Å². The van der Waals surface area contributed by atoms with Crippen molar-refractivity contribution in [1.82, 2.24) is 4.90 Å². The monoisotopic (exact) mass is 231 g/mol. The lowest BCUT2D eigenvalue weighted by Gasteiger charge is -2.46. The molecule has 1 saturated heterocycles. The number of aliphatic hydroxyl groups is 1. The van der Waals surface area contributed by atoms with Gasteiger partial charge in [0, 0.05) is 39.3 Å². The number of hydrogen-bond acceptors (Lipinski definition) is 4. The van der Waals surface area contributed by atoms with E-state index in [4.69, 9.17) is 9.47 Å². The van der Waals surface area contributed by atoms with Gasteiger partial charge in [0.05, 0.1) is 5.60 Å². The van der Waals surface area contributed by atoms with Gasteiger partial charge in [-0.1, -0.05) is 6.92 Å². The van der Waals surface area contributed by atoms with Crippen molar-refractivity contribution < 1.29 is 14.6 Å². The van der Waals surface area contributed by atoms with Gasteiger partial charge in [0.15, 0.2) is 6.29 Å². The molecular weight excluding hydrogens is 206 g/mol. The highest BCUT2D eigenvalue weighted by molar-refractivity contribution is 4.94. The lowest BCUT2D eigenvalue weighted by atomic mass is 9.91. The van der Waals surface area contributed by atoms with Gasteiger partial charge in [-0.3, -0.25) is 4.90 Å². The van der Waals surface area contributed by atoms with Crippen molar-refractivity contribution in [3.63, 3.8) is 0 Å². The minimum atomic E-state index is -0.438. The summed E-state index contributed by atoms with van der Waals surface area (Å²) in [6.45, 7) is 9.86. The third-order valence-corrected chi connectivity index (χ3v) is 3.08. The molecule has 16 heavy (non-hydrogen) atoms. The van der Waals surface area contributed by atoms with Crippen molar-refractivity contribution >= 4 is 0 Å². The summed E-state index contributed by atoms with van der Waals surface area (Å²) in [5.74, 6) is 0. The molecule has 1 rings (SSSR count). The molecule has 0 unspecified atom stereocenters. The molecule has 0 amide bonds. The van der Waals surface area contributed by atoms with E-state index in [0.29, 0.717) is 13.2 Å². The maximum Gasteiger partial charge on any atom is 0.158 e. The maximum atomic E-state index is 9.86. The lowest BCUT2D eigenvalue weighted by molar-refractivity contribution is -0.153. The Balaban J connectivity index is 2.14. The Hall–Kier alpha value is -0.160. The highest BCUT2D eigenvalue weighted by Gasteiger charge is 2.38. The first kappa shape index (κ1) is 13.9. The molecule has 1 heterocycles. The third-order valence-electron chi connectivity index (χ3n) is 3.08. The second-order valence-corrected chi connectivity index (χ2v) is 4.42. The molecule has 0 aromatic rings. The maximum absolute atomic E-state index is 9.86. The second-order valence-electron chi connectivity index (χ2n) is 4.42. The molecule has 0 radical (unpaired) electrons. The van der Waals surface area contributed by atoms with Gasteiger partial charge in [0.1, 0.15) is 0 Å². The van der Waals surface area contributed by atoms with Crippen LogP contribution in [0.15, 0.2) is 0 Å². The Labute approximate surface area is 98.5 Å². The van der Waals surface area contributed by atoms with Crippen LogP contribution in [0.25, 0.3) is 0 Å². The Morgan fingerprint density at radius 1 is 1.19 bits per heavy atom. The van der Waals surface area contributed by atoms with Crippen LogP contribution >= 0.6 is 0 Å². The largest absolute Gasteiger partial charge is 0.387 e. The quantitative estimate of drug-likeness (QED) is 0.638. The molecule has 1 aliphatic heterocycles. The van der Waals surface area contributed by atoms with E-state index in [2.05, 4.69) is 4.90 Å². The highest BCUT2D eigenvalue weighted by atomic mass is 16.7. The van der Waals surface area contributed by atoms with Crippen LogP contribution in [0, 0.1) is 0 Å². The van der Waals surface area contributed by atoms with Crippen molar-refractivity contribution in [1.29, 1.82) is 0 Å². The molecule has 0 saturated carbocycles. The van der Waals surface area contributed by atoms with Crippen molar-refractivity contribution in [2.45, 2.75) is 45.5 Å². The molecule has 1 N–H and O–H groups in total. The molecule has 0 aromatic carbocycles. The zero-order chi connectivity index (χ0) is 12.0. The second kappa shape index (κ2) is 6.55. The summed E-state index contributed by atoms with van der Waals surface area (Å²) in [6, 6.07) is 0. The normalized spacial score (nSPS) is 20.1. The van der Waals surface area contributed by atoms with Crippen LogP contribution in [0.1, 0.15) is 33.6 Å². The summed E-state index contributed by atoms with van der Waals surface area (Å²) in [4.78, 5) is 2.24. The van der Waals surface area contributed by atoms with Gasteiger partial charge < -0.3 is 14.6 Å². The van der Waals surface area contributed by atoms with Gasteiger partial charge in [-0.15, -0.1) is 0 Å². The smallest absolute Gasteiger partial charge is 0.158 e. The van der Waals surface area contributed by atoms with Crippen LogP contribution in [-0.4, -0.2) is 54.7 Å². The summed E-state index contributed by atoms with van der Waals surface area (Å²) in [7, 11) is 0. The summed E-state index contributed by atoms with van der Waals surface area (Å²) in [5.41, 5.74) is -0.438. The number of nitrogens with zero attached hydrogens (tertiary/aromatic N) is 1. The summed E-state index contributed by atoms with van der Waals surface area (Å²) in [5, 5.41) is 9.86. The SMILES string of the molecule is CCOC(CCN1CC(O)(CC)C1)OCC. The molecular formula is C12H25NO3. The fourth-order valence-electron chi connectivity index (χ4n) is 2.04. The molecule has 1 aliphatic rings. The van der Waals surface area contributed by atoms with Gasteiger partial charge >= 0.3 is 0 Å². The van der Waals surface area contributed by atoms with E-state index >= 15 is 0 Å². The fraction of sp³-hybridized carbons (Fsp3) is 1.00. The van der Waals surface area contributed by atoms with Crippen LogP contribution in [0.4, 0.5) is 0 Å². The van der Waals surface area contributed by atoms with E-state index in [-0.39, 0.29) is 6.29 Å². The number of hydrogen-bond donors (Lipinski definition) is 1. The molecule has 4 nitrogen and oxygen atoms in total. The molecule has 0 aliphatic carbocycles.